The molecule has 0 bridgehead atoms. The van der Waals surface area contributed by atoms with E-state index in [0.717, 1.165) is 22.8 Å². The van der Waals surface area contributed by atoms with Gasteiger partial charge < -0.3 is 25.3 Å². The SMILES string of the molecule is F[P-](F)(F)(F)(F)F.Nc1ncnc2c1c(C#Cc1cccc(-c3ccccn3)n1)cn2[C@H]1C[C@H](O)[C@@H](CO)O1.[Ru+2].c1ccc(-c2ccccn2)nc1. The van der Waals surface area contributed by atoms with Crippen LogP contribution in [-0.4, -0.2) is 63.5 Å². The van der Waals surface area contributed by atoms with Gasteiger partial charge in [0.1, 0.15) is 35.8 Å². The number of fused-ring (bicyclic) bond motifs is 1. The van der Waals surface area contributed by atoms with Crippen molar-refractivity contribution in [1.29, 1.82) is 0 Å². The van der Waals surface area contributed by atoms with Crippen molar-refractivity contribution in [3.8, 4) is 34.6 Å². The first-order valence-electron chi connectivity index (χ1n) is 14.9. The number of nitrogens with two attached hydrogens (primary N) is 1. The fourth-order valence-corrected chi connectivity index (χ4v) is 4.79. The van der Waals surface area contributed by atoms with Crippen LogP contribution in [0.1, 0.15) is 23.9 Å². The Kier molecular flexibility index (Phi) is 12.1. The molecular weight excluding hydrogens is 802 g/mol. The summed E-state index contributed by atoms with van der Waals surface area (Å²) in [4.78, 5) is 25.7. The van der Waals surface area contributed by atoms with Crippen molar-refractivity contribution in [1.82, 2.24) is 34.5 Å². The molecule has 0 radical (unpaired) electrons. The van der Waals surface area contributed by atoms with E-state index in [2.05, 4.69) is 41.7 Å². The first-order valence-corrected chi connectivity index (χ1v) is 16.9. The molecule has 4 N–H and O–H groups in total. The van der Waals surface area contributed by atoms with Gasteiger partial charge in [0.05, 0.1) is 46.4 Å². The third-order valence-corrected chi connectivity index (χ3v) is 6.93. The topological polar surface area (TPSA) is 158 Å². The van der Waals surface area contributed by atoms with E-state index in [4.69, 9.17) is 10.5 Å². The number of pyridine rings is 4. The van der Waals surface area contributed by atoms with E-state index < -0.39 is 26.2 Å². The molecule has 0 saturated carbocycles. The standard InChI is InChI=1S/C23H20N6O3.C10H8N2.F6P.Ru/c24-22-21-14(7-8-15-4-3-6-17(28-15)16-5-1-2-9-25-16)11-29(23(21)27-13-26-22)20-10-18(31)19(12-30)32-20;1-3-7-11-9(5-1)10-6-2-4-8-12-10;1-7(2,3,4,5)6;/h1-6,9,11,13,18-20,30-31H,10,12H2,(H2,24,26,27);1-8H;;/q;;-1;+2/t18-,19+,20+;;;/m0.../s1. The average Bonchev–Trinajstić information content (AvgIpc) is 3.68. The predicted molar refractivity (Wildman–Crippen MR) is 178 cm³/mol. The molecule has 0 aromatic carbocycles. The Morgan fingerprint density at radius 3 is 1.81 bits per heavy atom. The van der Waals surface area contributed by atoms with Crippen molar-refractivity contribution in [2.24, 2.45) is 0 Å². The number of aromatic nitrogens is 7. The summed E-state index contributed by atoms with van der Waals surface area (Å²) in [5.74, 6) is 6.50. The number of halogens is 6. The van der Waals surface area contributed by atoms with Gasteiger partial charge in [-0.1, -0.05) is 30.2 Å². The molecule has 0 spiro atoms. The van der Waals surface area contributed by atoms with Crippen molar-refractivity contribution in [2.45, 2.75) is 24.9 Å². The van der Waals surface area contributed by atoms with Gasteiger partial charge in [-0.25, -0.2) is 15.0 Å². The predicted octanol–water partition coefficient (Wildman–Crippen LogP) is 7.03. The van der Waals surface area contributed by atoms with E-state index in [1.54, 1.807) is 29.4 Å². The molecule has 7 heterocycles. The second-order valence-electron chi connectivity index (χ2n) is 10.8. The Balaban J connectivity index is 0.000000248. The summed E-state index contributed by atoms with van der Waals surface area (Å²) in [7, 11) is -10.7. The summed E-state index contributed by atoms with van der Waals surface area (Å²) in [6.45, 7) is -0.265. The number of aliphatic hydroxyl groups excluding tert-OH is 2. The third kappa shape index (κ3) is 11.8. The van der Waals surface area contributed by atoms with Gasteiger partial charge in [-0.2, -0.15) is 0 Å². The van der Waals surface area contributed by atoms with Gasteiger partial charge in [-0.3, -0.25) is 15.0 Å². The van der Waals surface area contributed by atoms with E-state index in [-0.39, 0.29) is 26.1 Å². The molecule has 272 valence electrons. The molecular formula is C33H28F6N8O3PRu+. The molecule has 0 amide bonds. The molecule has 6 aromatic heterocycles. The minimum atomic E-state index is -10.7. The number of aliphatic hydroxyl groups is 2. The van der Waals surface area contributed by atoms with Crippen molar-refractivity contribution < 1.29 is 59.6 Å². The van der Waals surface area contributed by atoms with Crippen LogP contribution in [-0.2, 0) is 24.2 Å². The van der Waals surface area contributed by atoms with Gasteiger partial charge in [0.15, 0.2) is 0 Å². The van der Waals surface area contributed by atoms with E-state index >= 15 is 0 Å². The van der Waals surface area contributed by atoms with E-state index in [1.165, 1.54) is 6.33 Å². The molecule has 6 aromatic rings. The van der Waals surface area contributed by atoms with Crippen molar-refractivity contribution in [3.05, 3.63) is 115 Å². The second kappa shape index (κ2) is 15.8. The van der Waals surface area contributed by atoms with Crippen LogP contribution >= 0.6 is 7.81 Å². The van der Waals surface area contributed by atoms with Crippen LogP contribution in [0.25, 0.3) is 33.8 Å². The van der Waals surface area contributed by atoms with Gasteiger partial charge in [0.25, 0.3) is 0 Å². The van der Waals surface area contributed by atoms with Crippen molar-refractivity contribution >= 4 is 24.7 Å². The number of nitrogen functional groups attached to an aromatic ring is 1. The molecule has 1 aliphatic rings. The van der Waals surface area contributed by atoms with Gasteiger partial charge in [0.2, 0.25) is 0 Å². The van der Waals surface area contributed by atoms with Gasteiger partial charge in [-0.05, 0) is 54.5 Å². The fourth-order valence-electron chi connectivity index (χ4n) is 4.79. The van der Waals surface area contributed by atoms with Crippen LogP contribution in [0.2, 0.25) is 0 Å². The van der Waals surface area contributed by atoms with Crippen molar-refractivity contribution in [3.63, 3.8) is 0 Å². The molecule has 52 heavy (non-hydrogen) atoms. The first kappa shape index (κ1) is 39.9. The zero-order valence-corrected chi connectivity index (χ0v) is 29.2. The number of hydrogen-bond acceptors (Lipinski definition) is 10. The van der Waals surface area contributed by atoms with Crippen LogP contribution in [0.3, 0.4) is 0 Å². The number of hydrogen-bond donors (Lipinski definition) is 3. The average molecular weight is 831 g/mol. The van der Waals surface area contributed by atoms with Crippen LogP contribution in [0, 0.1) is 11.8 Å². The molecule has 1 saturated heterocycles. The van der Waals surface area contributed by atoms with Crippen LogP contribution in [0.15, 0.2) is 104 Å². The molecule has 1 aliphatic heterocycles. The van der Waals surface area contributed by atoms with Crippen LogP contribution in [0.5, 0.6) is 0 Å². The summed E-state index contributed by atoms with van der Waals surface area (Å²) in [5.41, 5.74) is 11.2. The molecule has 7 rings (SSSR count). The number of ether oxygens (including phenoxy) is 1. The molecule has 0 unspecified atom stereocenters. The van der Waals surface area contributed by atoms with Crippen molar-refractivity contribution in [2.75, 3.05) is 12.3 Å². The minimum absolute atomic E-state index is 0. The summed E-state index contributed by atoms with van der Waals surface area (Å²) < 4.78 is 66.8. The quantitative estimate of drug-likeness (QED) is 0.0729. The maximum atomic E-state index is 10.1. The minimum Gasteiger partial charge on any atom is -0.394 e. The monoisotopic (exact) mass is 831 g/mol. The maximum Gasteiger partial charge on any atom is 2.00 e. The molecule has 0 aliphatic carbocycles. The van der Waals surface area contributed by atoms with Gasteiger partial charge in [0, 0.05) is 31.2 Å². The fraction of sp³-hybridized carbons (Fsp3) is 0.152. The van der Waals surface area contributed by atoms with E-state index in [9.17, 15) is 35.4 Å². The number of anilines is 1. The van der Waals surface area contributed by atoms with Gasteiger partial charge >= 0.3 is 52.5 Å². The first-order chi connectivity index (χ1) is 24.1. The Bertz CT molecular complexity index is 2110. The summed E-state index contributed by atoms with van der Waals surface area (Å²) in [6, 6.07) is 22.8. The van der Waals surface area contributed by atoms with Crippen LogP contribution in [0.4, 0.5) is 31.0 Å². The Labute approximate surface area is 305 Å². The maximum absolute atomic E-state index is 10.7. The molecule has 11 nitrogen and oxygen atoms in total. The largest absolute Gasteiger partial charge is 2.00 e. The molecule has 1 fully saturated rings. The van der Waals surface area contributed by atoms with E-state index in [0.29, 0.717) is 34.5 Å². The van der Waals surface area contributed by atoms with Crippen LogP contribution < -0.4 is 5.73 Å². The summed E-state index contributed by atoms with van der Waals surface area (Å²) in [6.07, 6.45) is 6.81. The normalized spacial score (nSPS) is 17.8. The number of rotatable bonds is 4. The Hall–Kier alpha value is -4.91. The summed E-state index contributed by atoms with van der Waals surface area (Å²) in [5, 5.41) is 20.1. The Morgan fingerprint density at radius 2 is 1.31 bits per heavy atom. The zero-order chi connectivity index (χ0) is 36.7. The smallest absolute Gasteiger partial charge is 0.394 e. The summed E-state index contributed by atoms with van der Waals surface area (Å²) >= 11 is 0. The third-order valence-electron chi connectivity index (χ3n) is 6.93. The Morgan fingerprint density at radius 1 is 0.769 bits per heavy atom. The number of nitrogens with zero attached hydrogens (tertiary/aromatic N) is 7. The molecule has 19 heteroatoms. The second-order valence-corrected chi connectivity index (χ2v) is 12.7. The van der Waals surface area contributed by atoms with E-state index in [1.807, 2.05) is 72.8 Å². The molecule has 3 atom stereocenters. The van der Waals surface area contributed by atoms with Gasteiger partial charge in [-0.15, -0.1) is 0 Å². The zero-order valence-electron chi connectivity index (χ0n) is 26.5.